The number of amides is 1. The molecule has 3 aromatic rings. The molecule has 30 heavy (non-hydrogen) atoms. The van der Waals surface area contributed by atoms with E-state index in [0.717, 1.165) is 16.8 Å². The molecule has 1 N–H and O–H groups in total. The van der Waals surface area contributed by atoms with Crippen LogP contribution in [-0.4, -0.2) is 26.0 Å². The van der Waals surface area contributed by atoms with Crippen LogP contribution < -0.4 is 9.62 Å². The average molecular weight is 446 g/mol. The molecule has 0 radical (unpaired) electrons. The Kier molecular flexibility index (Phi) is 5.40. The third-order valence-electron chi connectivity index (χ3n) is 5.08. The van der Waals surface area contributed by atoms with Crippen LogP contribution in [0.5, 0.6) is 0 Å². The molecule has 2 aromatic carbocycles. The predicted octanol–water partition coefficient (Wildman–Crippen LogP) is 3.63. The minimum absolute atomic E-state index is 0.0726. The van der Waals surface area contributed by atoms with Crippen molar-refractivity contribution < 1.29 is 17.7 Å². The van der Waals surface area contributed by atoms with Crippen LogP contribution in [0, 0.1) is 13.8 Å². The Morgan fingerprint density at radius 2 is 1.93 bits per heavy atom. The quantitative estimate of drug-likeness (QED) is 0.647. The van der Waals surface area contributed by atoms with E-state index in [1.54, 1.807) is 43.0 Å². The summed E-state index contributed by atoms with van der Waals surface area (Å²) in [5.41, 5.74) is 3.55. The molecule has 0 fully saturated rings. The molecule has 0 saturated heterocycles. The second-order valence-corrected chi connectivity index (χ2v) is 9.29. The first-order valence-corrected chi connectivity index (χ1v) is 11.2. The van der Waals surface area contributed by atoms with E-state index >= 15 is 0 Å². The molecule has 0 atom stereocenters. The van der Waals surface area contributed by atoms with E-state index < -0.39 is 10.0 Å². The van der Waals surface area contributed by atoms with Crippen molar-refractivity contribution in [2.45, 2.75) is 31.7 Å². The number of anilines is 1. The molecule has 156 valence electrons. The topological polar surface area (TPSA) is 92.5 Å². The second kappa shape index (κ2) is 7.86. The third-order valence-corrected chi connectivity index (χ3v) is 6.98. The molecule has 0 bridgehead atoms. The summed E-state index contributed by atoms with van der Waals surface area (Å²) in [6, 6.07) is 12.4. The highest BCUT2D eigenvalue weighted by Crippen LogP contribution is 2.30. The van der Waals surface area contributed by atoms with E-state index in [-0.39, 0.29) is 23.1 Å². The number of nitrogens with zero attached hydrogens (tertiary/aromatic N) is 2. The summed E-state index contributed by atoms with van der Waals surface area (Å²) in [4.78, 5) is 14.6. The molecule has 0 saturated carbocycles. The van der Waals surface area contributed by atoms with E-state index in [1.165, 1.54) is 0 Å². The number of sulfonamides is 1. The molecule has 1 aliphatic rings. The van der Waals surface area contributed by atoms with Crippen LogP contribution in [0.3, 0.4) is 0 Å². The van der Waals surface area contributed by atoms with Gasteiger partial charge in [0.05, 0.1) is 0 Å². The number of nitrogens with one attached hydrogen (secondary N) is 1. The highest BCUT2D eigenvalue weighted by Gasteiger charge is 2.27. The molecule has 7 nitrogen and oxygen atoms in total. The Morgan fingerprint density at radius 3 is 2.60 bits per heavy atom. The maximum Gasteiger partial charge on any atom is 0.258 e. The lowest BCUT2D eigenvalue weighted by Gasteiger charge is -2.18. The highest BCUT2D eigenvalue weighted by molar-refractivity contribution is 7.89. The lowest BCUT2D eigenvalue weighted by Crippen LogP contribution is -2.28. The van der Waals surface area contributed by atoms with Crippen molar-refractivity contribution in [3.8, 4) is 0 Å². The van der Waals surface area contributed by atoms with Crippen molar-refractivity contribution in [2.24, 2.45) is 0 Å². The van der Waals surface area contributed by atoms with Gasteiger partial charge in [0.25, 0.3) is 5.91 Å². The lowest BCUT2D eigenvalue weighted by molar-refractivity contribution is 0.0989. The summed E-state index contributed by atoms with van der Waals surface area (Å²) in [5.74, 6) is 0.169. The standard InChI is InChI=1S/C21H20ClN3O4S/c1-13-20(14(2)29-24-13)30(27,28)23-12-15-3-8-19-17(11-15)9-10-25(19)21(26)16-4-6-18(22)7-5-16/h3-8,11,23H,9-10,12H2,1-2H3. The molecular formula is C21H20ClN3O4S. The van der Waals surface area contributed by atoms with Crippen LogP contribution in [0.4, 0.5) is 5.69 Å². The smallest absolute Gasteiger partial charge is 0.258 e. The number of hydrogen-bond acceptors (Lipinski definition) is 5. The van der Waals surface area contributed by atoms with Gasteiger partial charge >= 0.3 is 0 Å². The molecule has 1 amide bonds. The summed E-state index contributed by atoms with van der Waals surface area (Å²) in [6.45, 7) is 3.86. The van der Waals surface area contributed by atoms with E-state index in [2.05, 4.69) is 9.88 Å². The molecule has 2 heterocycles. The van der Waals surface area contributed by atoms with Crippen LogP contribution >= 0.6 is 11.6 Å². The predicted molar refractivity (Wildman–Crippen MR) is 113 cm³/mol. The van der Waals surface area contributed by atoms with Crippen molar-refractivity contribution >= 4 is 33.2 Å². The van der Waals surface area contributed by atoms with Gasteiger partial charge < -0.3 is 9.42 Å². The first kappa shape index (κ1) is 20.6. The molecule has 1 aliphatic heterocycles. The fourth-order valence-corrected chi connectivity index (χ4v) is 5.10. The van der Waals surface area contributed by atoms with Gasteiger partial charge in [0.2, 0.25) is 10.0 Å². The molecule has 0 aliphatic carbocycles. The van der Waals surface area contributed by atoms with Gasteiger partial charge in [-0.05, 0) is 61.7 Å². The van der Waals surface area contributed by atoms with Crippen LogP contribution in [0.2, 0.25) is 5.02 Å². The largest absolute Gasteiger partial charge is 0.360 e. The van der Waals surface area contributed by atoms with Crippen molar-refractivity contribution in [1.29, 1.82) is 0 Å². The molecule has 4 rings (SSSR count). The van der Waals surface area contributed by atoms with Crippen molar-refractivity contribution in [3.05, 3.63) is 75.6 Å². The third kappa shape index (κ3) is 3.86. The van der Waals surface area contributed by atoms with Gasteiger partial charge in [-0.1, -0.05) is 28.9 Å². The number of carbonyl (C=O) groups excluding carboxylic acids is 1. The fraction of sp³-hybridized carbons (Fsp3) is 0.238. The number of aryl methyl sites for hydroxylation is 2. The molecule has 0 spiro atoms. The fourth-order valence-electron chi connectivity index (χ4n) is 3.63. The van der Waals surface area contributed by atoms with Gasteiger partial charge in [-0.25, -0.2) is 13.1 Å². The SMILES string of the molecule is Cc1noc(C)c1S(=O)(=O)NCc1ccc2c(c1)CCN2C(=O)c1ccc(Cl)cc1. The van der Waals surface area contributed by atoms with Gasteiger partial charge in [0.1, 0.15) is 10.6 Å². The van der Waals surface area contributed by atoms with E-state index in [1.807, 2.05) is 18.2 Å². The molecule has 1 aromatic heterocycles. The number of carbonyl (C=O) groups is 1. The summed E-state index contributed by atoms with van der Waals surface area (Å²) in [6.07, 6.45) is 0.707. The van der Waals surface area contributed by atoms with E-state index in [0.29, 0.717) is 29.2 Å². The van der Waals surface area contributed by atoms with Crippen LogP contribution in [-0.2, 0) is 23.0 Å². The number of hydrogen-bond donors (Lipinski definition) is 1. The monoisotopic (exact) mass is 445 g/mol. The van der Waals surface area contributed by atoms with Gasteiger partial charge in [0.15, 0.2) is 5.76 Å². The Hall–Kier alpha value is -2.68. The van der Waals surface area contributed by atoms with Crippen LogP contribution in [0.15, 0.2) is 51.9 Å². The van der Waals surface area contributed by atoms with Gasteiger partial charge in [-0.15, -0.1) is 0 Å². The summed E-state index contributed by atoms with van der Waals surface area (Å²) in [7, 11) is -3.74. The lowest BCUT2D eigenvalue weighted by atomic mass is 10.1. The molecule has 9 heteroatoms. The maximum absolute atomic E-state index is 12.8. The van der Waals surface area contributed by atoms with Crippen molar-refractivity contribution in [3.63, 3.8) is 0 Å². The Balaban J connectivity index is 1.50. The Morgan fingerprint density at radius 1 is 1.20 bits per heavy atom. The first-order valence-electron chi connectivity index (χ1n) is 9.38. The van der Waals surface area contributed by atoms with Crippen LogP contribution in [0.25, 0.3) is 0 Å². The minimum atomic E-state index is -3.74. The van der Waals surface area contributed by atoms with Crippen LogP contribution in [0.1, 0.15) is 32.9 Å². The zero-order valence-electron chi connectivity index (χ0n) is 16.5. The number of aromatic nitrogens is 1. The van der Waals surface area contributed by atoms with E-state index in [9.17, 15) is 13.2 Å². The van der Waals surface area contributed by atoms with E-state index in [4.69, 9.17) is 16.1 Å². The summed E-state index contributed by atoms with van der Waals surface area (Å²) >= 11 is 5.90. The normalized spacial score (nSPS) is 13.5. The number of rotatable bonds is 5. The number of fused-ring (bicyclic) bond motifs is 1. The van der Waals surface area contributed by atoms with Gasteiger partial charge in [0, 0.05) is 29.4 Å². The maximum atomic E-state index is 12.8. The second-order valence-electron chi connectivity index (χ2n) is 7.15. The number of halogens is 1. The van der Waals surface area contributed by atoms with Crippen molar-refractivity contribution in [2.75, 3.05) is 11.4 Å². The number of benzene rings is 2. The summed E-state index contributed by atoms with van der Waals surface area (Å²) in [5, 5.41) is 4.28. The zero-order valence-corrected chi connectivity index (χ0v) is 18.0. The highest BCUT2D eigenvalue weighted by atomic mass is 35.5. The van der Waals surface area contributed by atoms with Gasteiger partial charge in [-0.3, -0.25) is 4.79 Å². The summed E-state index contributed by atoms with van der Waals surface area (Å²) < 4.78 is 32.7. The minimum Gasteiger partial charge on any atom is -0.360 e. The first-order chi connectivity index (χ1) is 14.3. The molecule has 0 unspecified atom stereocenters. The Bertz CT molecular complexity index is 1200. The Labute approximate surface area is 179 Å². The van der Waals surface area contributed by atoms with Gasteiger partial charge in [-0.2, -0.15) is 0 Å². The average Bonchev–Trinajstić information content (AvgIpc) is 3.29. The molecular weight excluding hydrogens is 426 g/mol. The van der Waals surface area contributed by atoms with Crippen molar-refractivity contribution in [1.82, 2.24) is 9.88 Å². The zero-order chi connectivity index (χ0) is 21.5.